The largest absolute Gasteiger partial charge is 0.454 e. The van der Waals surface area contributed by atoms with Gasteiger partial charge in [-0.15, -0.1) is 0 Å². The average Bonchev–Trinajstić information content (AvgIpc) is 3.97. The van der Waals surface area contributed by atoms with E-state index in [1.165, 1.54) is 21.5 Å². The SMILES string of the molecule is c1ccc(-c2nc(-c3ccc(-n4c5c(ccc6c7ccccc7oc65)c5ccc6c7ccccc7n(-c7cccc8ccccc78)c6c54)cc3)nc3ccccc23)cc1. The fourth-order valence-electron chi connectivity index (χ4n) is 9.50. The second kappa shape index (κ2) is 12.2. The number of benzene rings is 9. The summed E-state index contributed by atoms with van der Waals surface area (Å²) in [4.78, 5) is 10.3. The minimum atomic E-state index is 0.689. The van der Waals surface area contributed by atoms with Crippen molar-refractivity contribution in [1.29, 1.82) is 0 Å². The van der Waals surface area contributed by atoms with E-state index >= 15 is 0 Å². The first kappa shape index (κ1) is 32.1. The summed E-state index contributed by atoms with van der Waals surface area (Å²) in [6.07, 6.45) is 0. The molecule has 59 heavy (non-hydrogen) atoms. The molecule has 5 nitrogen and oxygen atoms in total. The van der Waals surface area contributed by atoms with E-state index in [9.17, 15) is 0 Å². The molecule has 0 unspecified atom stereocenters. The van der Waals surface area contributed by atoms with Gasteiger partial charge in [0.05, 0.1) is 39.0 Å². The van der Waals surface area contributed by atoms with Crippen LogP contribution in [0, 0.1) is 0 Å². The van der Waals surface area contributed by atoms with Gasteiger partial charge in [-0.05, 0) is 60.0 Å². The Balaban J connectivity index is 1.14. The smallest absolute Gasteiger partial charge is 0.160 e. The molecule has 274 valence electrons. The van der Waals surface area contributed by atoms with Crippen LogP contribution < -0.4 is 0 Å². The first-order chi connectivity index (χ1) is 29.3. The van der Waals surface area contributed by atoms with Gasteiger partial charge in [-0.2, -0.15) is 0 Å². The van der Waals surface area contributed by atoms with E-state index in [4.69, 9.17) is 14.4 Å². The highest BCUT2D eigenvalue weighted by Crippen LogP contribution is 2.45. The first-order valence-electron chi connectivity index (χ1n) is 20.0. The van der Waals surface area contributed by atoms with Gasteiger partial charge in [0.15, 0.2) is 11.4 Å². The quantitative estimate of drug-likeness (QED) is 0.180. The van der Waals surface area contributed by atoms with Gasteiger partial charge >= 0.3 is 0 Å². The summed E-state index contributed by atoms with van der Waals surface area (Å²) in [5.41, 5.74) is 12.2. The van der Waals surface area contributed by atoms with Crippen molar-refractivity contribution in [2.45, 2.75) is 0 Å². The maximum Gasteiger partial charge on any atom is 0.160 e. The molecule has 0 spiro atoms. The molecule has 0 aliphatic heterocycles. The van der Waals surface area contributed by atoms with Gasteiger partial charge in [-0.25, -0.2) is 9.97 Å². The lowest BCUT2D eigenvalue weighted by Crippen LogP contribution is -2.00. The number of nitrogens with zero attached hydrogens (tertiary/aromatic N) is 4. The van der Waals surface area contributed by atoms with Crippen LogP contribution in [0.2, 0.25) is 0 Å². The van der Waals surface area contributed by atoms with Crippen LogP contribution in [0.25, 0.3) is 121 Å². The molecule has 4 aromatic heterocycles. The molecule has 0 amide bonds. The Labute approximate surface area is 337 Å². The van der Waals surface area contributed by atoms with E-state index in [-0.39, 0.29) is 0 Å². The van der Waals surface area contributed by atoms with Gasteiger partial charge in [0.1, 0.15) is 5.58 Å². The summed E-state index contributed by atoms with van der Waals surface area (Å²) in [6.45, 7) is 0. The molecule has 0 bridgehead atoms. The summed E-state index contributed by atoms with van der Waals surface area (Å²) in [6, 6.07) is 68.9. The van der Waals surface area contributed by atoms with Crippen molar-refractivity contribution >= 4 is 87.2 Å². The van der Waals surface area contributed by atoms with Crippen LogP contribution in [-0.4, -0.2) is 19.1 Å². The zero-order chi connectivity index (χ0) is 38.6. The normalized spacial score (nSPS) is 12.1. The van der Waals surface area contributed by atoms with Gasteiger partial charge < -0.3 is 13.6 Å². The van der Waals surface area contributed by atoms with Gasteiger partial charge in [0.2, 0.25) is 0 Å². The van der Waals surface area contributed by atoms with E-state index < -0.39 is 0 Å². The molecule has 0 saturated heterocycles. The van der Waals surface area contributed by atoms with Crippen LogP contribution in [-0.2, 0) is 0 Å². The molecule has 13 aromatic rings. The second-order valence-electron chi connectivity index (χ2n) is 15.3. The Kier molecular flexibility index (Phi) is 6.66. The van der Waals surface area contributed by atoms with Crippen molar-refractivity contribution in [1.82, 2.24) is 19.1 Å². The third-order valence-electron chi connectivity index (χ3n) is 12.1. The van der Waals surface area contributed by atoms with Gasteiger partial charge in [0.25, 0.3) is 0 Å². The maximum absolute atomic E-state index is 6.84. The highest BCUT2D eigenvalue weighted by atomic mass is 16.3. The van der Waals surface area contributed by atoms with Crippen molar-refractivity contribution in [2.24, 2.45) is 0 Å². The number of fused-ring (bicyclic) bond motifs is 13. The van der Waals surface area contributed by atoms with Crippen LogP contribution in [0.15, 0.2) is 199 Å². The average molecular weight is 753 g/mol. The van der Waals surface area contributed by atoms with Crippen LogP contribution in [0.4, 0.5) is 0 Å². The van der Waals surface area contributed by atoms with Crippen molar-refractivity contribution in [2.75, 3.05) is 0 Å². The minimum Gasteiger partial charge on any atom is -0.454 e. The lowest BCUT2D eigenvalue weighted by molar-refractivity contribution is 0.671. The topological polar surface area (TPSA) is 48.8 Å². The van der Waals surface area contributed by atoms with Crippen LogP contribution in [0.5, 0.6) is 0 Å². The Morgan fingerprint density at radius 2 is 1.00 bits per heavy atom. The van der Waals surface area contributed by atoms with E-state index in [1.807, 2.05) is 24.3 Å². The molecular formula is C54H32N4O. The zero-order valence-corrected chi connectivity index (χ0v) is 31.7. The minimum absolute atomic E-state index is 0.689. The summed E-state index contributed by atoms with van der Waals surface area (Å²) < 4.78 is 11.7. The highest BCUT2D eigenvalue weighted by Gasteiger charge is 2.25. The van der Waals surface area contributed by atoms with Crippen LogP contribution in [0.1, 0.15) is 0 Å². The first-order valence-corrected chi connectivity index (χ1v) is 20.0. The maximum atomic E-state index is 6.84. The summed E-state index contributed by atoms with van der Waals surface area (Å²) in [7, 11) is 0. The number of hydrogen-bond donors (Lipinski definition) is 0. The molecule has 4 heterocycles. The molecule has 0 aliphatic rings. The molecule has 13 rings (SSSR count). The van der Waals surface area contributed by atoms with E-state index in [2.05, 4.69) is 179 Å². The predicted octanol–water partition coefficient (Wildman–Crippen LogP) is 14.2. The molecule has 0 radical (unpaired) electrons. The lowest BCUT2D eigenvalue weighted by atomic mass is 10.1. The zero-order valence-electron chi connectivity index (χ0n) is 31.7. The summed E-state index contributed by atoms with van der Waals surface area (Å²) in [5.74, 6) is 0.689. The number of hydrogen-bond acceptors (Lipinski definition) is 3. The van der Waals surface area contributed by atoms with Crippen LogP contribution in [0.3, 0.4) is 0 Å². The van der Waals surface area contributed by atoms with Gasteiger partial charge in [0, 0.05) is 59.9 Å². The van der Waals surface area contributed by atoms with Crippen molar-refractivity contribution in [3.05, 3.63) is 194 Å². The Bertz CT molecular complexity index is 3830. The van der Waals surface area contributed by atoms with E-state index in [0.717, 1.165) is 93.9 Å². The summed E-state index contributed by atoms with van der Waals surface area (Å²) >= 11 is 0. The van der Waals surface area contributed by atoms with Gasteiger partial charge in [-0.3, -0.25) is 0 Å². The molecular weight excluding hydrogens is 721 g/mol. The van der Waals surface area contributed by atoms with Gasteiger partial charge in [-0.1, -0.05) is 140 Å². The number of furan rings is 1. The predicted molar refractivity (Wildman–Crippen MR) is 244 cm³/mol. The lowest BCUT2D eigenvalue weighted by Gasteiger charge is -2.15. The van der Waals surface area contributed by atoms with Crippen molar-refractivity contribution < 1.29 is 4.42 Å². The Morgan fingerprint density at radius 3 is 1.85 bits per heavy atom. The fraction of sp³-hybridized carbons (Fsp3) is 0. The third kappa shape index (κ3) is 4.61. The Morgan fingerprint density at radius 1 is 0.373 bits per heavy atom. The molecule has 0 aliphatic carbocycles. The number of rotatable bonds is 4. The summed E-state index contributed by atoms with van der Waals surface area (Å²) in [5, 5.41) is 10.3. The molecule has 0 atom stereocenters. The standard InChI is InChI=1S/C54H32N4O/c1-2-14-34(15-3-1)49-44-20-6-9-21-45(44)55-54(56-49)35-25-27-36(28-26-35)57-50-41(42-31-32-43-39-19-8-11-24-48(39)59-53(43)52(42)57)30-29-40-38-18-7-10-22-47(38)58(51(40)50)46-23-12-16-33-13-4-5-17-37(33)46/h1-32H. The molecule has 5 heteroatoms. The van der Waals surface area contributed by atoms with Crippen molar-refractivity contribution in [3.63, 3.8) is 0 Å². The van der Waals surface area contributed by atoms with Crippen molar-refractivity contribution in [3.8, 4) is 34.0 Å². The number of aromatic nitrogens is 4. The van der Waals surface area contributed by atoms with E-state index in [1.54, 1.807) is 0 Å². The molecule has 0 fully saturated rings. The van der Waals surface area contributed by atoms with Crippen LogP contribution >= 0.6 is 0 Å². The fourth-order valence-corrected chi connectivity index (χ4v) is 9.50. The number of para-hydroxylation sites is 3. The Hall–Kier alpha value is -8.02. The molecule has 9 aromatic carbocycles. The van der Waals surface area contributed by atoms with E-state index in [0.29, 0.717) is 5.82 Å². The molecule has 0 N–H and O–H groups in total. The third-order valence-corrected chi connectivity index (χ3v) is 12.1. The second-order valence-corrected chi connectivity index (χ2v) is 15.3. The molecule has 0 saturated carbocycles. The monoisotopic (exact) mass is 752 g/mol. The highest BCUT2D eigenvalue weighted by molar-refractivity contribution is 6.28.